The van der Waals surface area contributed by atoms with Crippen LogP contribution in [0, 0.1) is 0 Å². The first kappa shape index (κ1) is 27.2. The molecule has 2 amide bonds. The summed E-state index contributed by atoms with van der Waals surface area (Å²) in [6.07, 6.45) is 2.98. The highest BCUT2D eigenvalue weighted by Crippen LogP contribution is 2.41. The minimum absolute atomic E-state index is 0.289. The number of rotatable bonds is 9. The standard InChI is InChI=1S/C34H32N4O5/c39-23(18-37-13-15-42-16-14-37)19-38-20-26(30-28(38)11-6-12-29(30)43-21-22-7-2-1-3-8-22)32-31(33(40)36-34(32)41)25-17-35-27-10-5-4-9-24(25)27/h1-12,17,20,23,35,39H,13-16,18-19,21H2,(H,36,40,41). The molecule has 0 spiro atoms. The van der Waals surface area contributed by atoms with Gasteiger partial charge < -0.3 is 24.1 Å². The van der Waals surface area contributed by atoms with Crippen molar-refractivity contribution in [3.05, 3.63) is 102 Å². The number of amides is 2. The monoisotopic (exact) mass is 576 g/mol. The zero-order valence-electron chi connectivity index (χ0n) is 23.6. The highest BCUT2D eigenvalue weighted by atomic mass is 16.5. The number of aliphatic hydroxyl groups excluding tert-OH is 1. The largest absolute Gasteiger partial charge is 0.488 e. The molecule has 0 aliphatic carbocycles. The number of imide groups is 1. The molecule has 3 N–H and O–H groups in total. The Morgan fingerprint density at radius 2 is 1.60 bits per heavy atom. The summed E-state index contributed by atoms with van der Waals surface area (Å²) in [7, 11) is 0. The Labute approximate surface area is 248 Å². The van der Waals surface area contributed by atoms with Crippen LogP contribution in [0.1, 0.15) is 16.7 Å². The van der Waals surface area contributed by atoms with Crippen molar-refractivity contribution in [1.29, 1.82) is 0 Å². The second-order valence-corrected chi connectivity index (χ2v) is 11.0. The first-order valence-corrected chi connectivity index (χ1v) is 14.5. The van der Waals surface area contributed by atoms with E-state index in [1.54, 1.807) is 6.20 Å². The van der Waals surface area contributed by atoms with Gasteiger partial charge in [-0.1, -0.05) is 54.6 Å². The third-order valence-electron chi connectivity index (χ3n) is 8.14. The Balaban J connectivity index is 1.36. The highest BCUT2D eigenvalue weighted by molar-refractivity contribution is 6.51. The van der Waals surface area contributed by atoms with E-state index in [9.17, 15) is 14.7 Å². The van der Waals surface area contributed by atoms with Gasteiger partial charge in [-0.25, -0.2) is 0 Å². The number of hydrogen-bond donors (Lipinski definition) is 3. The molecular formula is C34H32N4O5. The summed E-state index contributed by atoms with van der Waals surface area (Å²) >= 11 is 0. The van der Waals surface area contributed by atoms with Gasteiger partial charge in [-0.15, -0.1) is 0 Å². The number of benzene rings is 3. The molecule has 0 saturated carbocycles. The molecule has 4 heterocycles. The minimum Gasteiger partial charge on any atom is -0.488 e. The smallest absolute Gasteiger partial charge is 0.259 e. The topological polar surface area (TPSA) is 109 Å². The van der Waals surface area contributed by atoms with Crippen LogP contribution in [0.2, 0.25) is 0 Å². The Morgan fingerprint density at radius 1 is 0.860 bits per heavy atom. The lowest BCUT2D eigenvalue weighted by atomic mass is 9.95. The van der Waals surface area contributed by atoms with Crippen LogP contribution in [0.15, 0.2) is 85.2 Å². The fraction of sp³-hybridized carbons (Fsp3) is 0.235. The molecule has 5 aromatic rings. The third-order valence-corrected chi connectivity index (χ3v) is 8.14. The van der Waals surface area contributed by atoms with E-state index in [4.69, 9.17) is 9.47 Å². The van der Waals surface area contributed by atoms with E-state index in [0.29, 0.717) is 60.7 Å². The van der Waals surface area contributed by atoms with Gasteiger partial charge in [0.25, 0.3) is 11.8 Å². The number of aliphatic hydroxyl groups is 1. The zero-order chi connectivity index (χ0) is 29.3. The molecule has 218 valence electrons. The highest BCUT2D eigenvalue weighted by Gasteiger charge is 2.36. The van der Waals surface area contributed by atoms with Gasteiger partial charge in [-0.3, -0.25) is 19.8 Å². The average Bonchev–Trinajstić information content (AvgIpc) is 3.69. The fourth-order valence-electron chi connectivity index (χ4n) is 6.13. The van der Waals surface area contributed by atoms with E-state index >= 15 is 0 Å². The van der Waals surface area contributed by atoms with Gasteiger partial charge in [-0.05, 0) is 23.8 Å². The molecule has 2 aliphatic heterocycles. The van der Waals surface area contributed by atoms with Gasteiger partial charge in [0.05, 0.1) is 36.0 Å². The number of ether oxygens (including phenoxy) is 2. The molecule has 43 heavy (non-hydrogen) atoms. The van der Waals surface area contributed by atoms with E-state index in [2.05, 4.69) is 15.2 Å². The second kappa shape index (κ2) is 11.5. The second-order valence-electron chi connectivity index (χ2n) is 11.0. The molecule has 2 aromatic heterocycles. The zero-order valence-corrected chi connectivity index (χ0v) is 23.6. The van der Waals surface area contributed by atoms with Crippen molar-refractivity contribution in [2.45, 2.75) is 19.3 Å². The Kier molecular flexibility index (Phi) is 7.28. The first-order chi connectivity index (χ1) is 21.1. The van der Waals surface area contributed by atoms with Crippen molar-refractivity contribution in [2.24, 2.45) is 0 Å². The molecule has 0 radical (unpaired) electrons. The summed E-state index contributed by atoms with van der Waals surface area (Å²) in [4.78, 5) is 32.3. The Morgan fingerprint density at radius 3 is 2.42 bits per heavy atom. The van der Waals surface area contributed by atoms with Crippen molar-refractivity contribution in [3.63, 3.8) is 0 Å². The molecule has 1 saturated heterocycles. The van der Waals surface area contributed by atoms with Crippen molar-refractivity contribution < 1.29 is 24.2 Å². The lowest BCUT2D eigenvalue weighted by Gasteiger charge is -2.28. The van der Waals surface area contributed by atoms with Gasteiger partial charge in [0.2, 0.25) is 0 Å². The fourth-order valence-corrected chi connectivity index (χ4v) is 6.13. The van der Waals surface area contributed by atoms with Gasteiger partial charge >= 0.3 is 0 Å². The molecule has 1 fully saturated rings. The SMILES string of the molecule is O=C1NC(=O)C(c2cn(CC(O)CN3CCOCC3)c3cccc(OCc4ccccc4)c23)=C1c1c[nH]c2ccccc12. The van der Waals surface area contributed by atoms with Gasteiger partial charge in [0.15, 0.2) is 0 Å². The van der Waals surface area contributed by atoms with Crippen LogP contribution in [-0.2, 0) is 27.5 Å². The minimum atomic E-state index is -0.656. The number of hydrogen-bond acceptors (Lipinski definition) is 6. The van der Waals surface area contributed by atoms with Crippen LogP contribution >= 0.6 is 0 Å². The molecule has 3 aromatic carbocycles. The van der Waals surface area contributed by atoms with Gasteiger partial charge in [0.1, 0.15) is 12.4 Å². The van der Waals surface area contributed by atoms with Crippen LogP contribution < -0.4 is 10.1 Å². The number of nitrogens with one attached hydrogen (secondary N) is 2. The van der Waals surface area contributed by atoms with E-state index in [1.165, 1.54) is 0 Å². The Bertz CT molecular complexity index is 1850. The maximum atomic E-state index is 13.5. The van der Waals surface area contributed by atoms with Crippen molar-refractivity contribution in [3.8, 4) is 5.75 Å². The summed E-state index contributed by atoms with van der Waals surface area (Å²) in [6.45, 7) is 4.00. The maximum absolute atomic E-state index is 13.5. The van der Waals surface area contributed by atoms with Gasteiger partial charge in [-0.2, -0.15) is 0 Å². The average molecular weight is 577 g/mol. The summed E-state index contributed by atoms with van der Waals surface area (Å²) in [5, 5.41) is 15.2. The van der Waals surface area contributed by atoms with Crippen LogP contribution in [-0.4, -0.2) is 70.3 Å². The number of carbonyl (C=O) groups is 2. The summed E-state index contributed by atoms with van der Waals surface area (Å²) in [6, 6.07) is 23.3. The lowest BCUT2D eigenvalue weighted by Crippen LogP contribution is -2.41. The van der Waals surface area contributed by atoms with E-state index in [1.807, 2.05) is 83.6 Å². The van der Waals surface area contributed by atoms with Gasteiger partial charge in [0, 0.05) is 66.0 Å². The predicted molar refractivity (Wildman–Crippen MR) is 164 cm³/mol. The number of aromatic nitrogens is 2. The summed E-state index contributed by atoms with van der Waals surface area (Å²) in [5.74, 6) is -0.313. The number of carbonyl (C=O) groups excluding carboxylic acids is 2. The number of aromatic amines is 1. The van der Waals surface area contributed by atoms with Crippen LogP contribution in [0.3, 0.4) is 0 Å². The summed E-state index contributed by atoms with van der Waals surface area (Å²) in [5.41, 5.74) is 4.53. The first-order valence-electron chi connectivity index (χ1n) is 14.5. The summed E-state index contributed by atoms with van der Waals surface area (Å²) < 4.78 is 13.8. The normalized spacial score (nSPS) is 16.8. The number of para-hydroxylation sites is 1. The molecule has 9 heteroatoms. The van der Waals surface area contributed by atoms with E-state index in [0.717, 1.165) is 35.1 Å². The predicted octanol–water partition coefficient (Wildman–Crippen LogP) is 3.96. The van der Waals surface area contributed by atoms with Crippen LogP contribution in [0.4, 0.5) is 0 Å². The molecule has 1 atom stereocenters. The van der Waals surface area contributed by atoms with Crippen molar-refractivity contribution in [1.82, 2.24) is 19.8 Å². The number of morpholine rings is 1. The number of fused-ring (bicyclic) bond motifs is 2. The van der Waals surface area contributed by atoms with Crippen LogP contribution in [0.5, 0.6) is 5.75 Å². The molecule has 0 bridgehead atoms. The number of β-amino-alcohol motifs (C(OH)–C–C–N with tert-alkyl or cyclic N) is 1. The van der Waals surface area contributed by atoms with Crippen molar-refractivity contribution in [2.75, 3.05) is 32.8 Å². The number of nitrogens with zero attached hydrogens (tertiary/aromatic N) is 2. The quantitative estimate of drug-likeness (QED) is 0.229. The molecular weight excluding hydrogens is 544 g/mol. The van der Waals surface area contributed by atoms with Crippen molar-refractivity contribution >= 4 is 44.8 Å². The number of H-pyrrole nitrogens is 1. The third kappa shape index (κ3) is 5.23. The molecule has 9 nitrogen and oxygen atoms in total. The molecule has 2 aliphatic rings. The molecule has 1 unspecified atom stereocenters. The maximum Gasteiger partial charge on any atom is 0.259 e. The lowest BCUT2D eigenvalue weighted by molar-refractivity contribution is -0.122. The van der Waals surface area contributed by atoms with E-state index < -0.39 is 17.9 Å². The molecule has 7 rings (SSSR count). The van der Waals surface area contributed by atoms with Crippen LogP contribution in [0.25, 0.3) is 33.0 Å². The van der Waals surface area contributed by atoms with E-state index in [-0.39, 0.29) is 5.57 Å². The Hall–Kier alpha value is -4.70.